The summed E-state index contributed by atoms with van der Waals surface area (Å²) >= 11 is 3.48. The van der Waals surface area contributed by atoms with E-state index in [0.717, 1.165) is 23.4 Å². The van der Waals surface area contributed by atoms with Gasteiger partial charge in [0.05, 0.1) is 0 Å². The fourth-order valence-corrected chi connectivity index (χ4v) is 2.05. The molecule has 1 N–H and O–H groups in total. The van der Waals surface area contributed by atoms with E-state index in [1.165, 1.54) is 18.4 Å². The maximum atomic E-state index is 5.74. The highest BCUT2D eigenvalue weighted by molar-refractivity contribution is 9.10. The summed E-state index contributed by atoms with van der Waals surface area (Å²) in [5.74, 6) is 0.962. The van der Waals surface area contributed by atoms with Crippen molar-refractivity contribution < 1.29 is 4.74 Å². The fraction of sp³-hybridized carbons (Fsp3) is 0.500. The molecule has 2 nitrogen and oxygen atoms in total. The third-order valence-electron chi connectivity index (χ3n) is 2.74. The number of ether oxygens (including phenoxy) is 1. The second-order valence-electron chi connectivity index (χ2n) is 4.02. The van der Waals surface area contributed by atoms with E-state index in [0.29, 0.717) is 6.04 Å². The minimum Gasteiger partial charge on any atom is -0.492 e. The molecule has 3 heteroatoms. The van der Waals surface area contributed by atoms with E-state index in [1.54, 1.807) is 0 Å². The van der Waals surface area contributed by atoms with Crippen LogP contribution in [0.5, 0.6) is 5.75 Å². The van der Waals surface area contributed by atoms with Crippen LogP contribution >= 0.6 is 15.9 Å². The zero-order valence-corrected chi connectivity index (χ0v) is 10.5. The van der Waals surface area contributed by atoms with Crippen molar-refractivity contribution >= 4 is 15.9 Å². The molecule has 1 saturated heterocycles. The summed E-state index contributed by atoms with van der Waals surface area (Å²) in [6.45, 7) is 3.99. The quantitative estimate of drug-likeness (QED) is 0.911. The monoisotopic (exact) mass is 269 g/mol. The van der Waals surface area contributed by atoms with Crippen molar-refractivity contribution in [2.45, 2.75) is 25.8 Å². The van der Waals surface area contributed by atoms with Gasteiger partial charge in [-0.2, -0.15) is 0 Å². The second kappa shape index (κ2) is 4.99. The van der Waals surface area contributed by atoms with Crippen LogP contribution in [-0.4, -0.2) is 19.2 Å². The standard InChI is InChI=1S/C12H16BrNO/c1-9-7-11(4-5-12(9)13)15-8-10-3-2-6-14-10/h4-5,7,10,14H,2-3,6,8H2,1H3/t10-/m1/s1. The van der Waals surface area contributed by atoms with Gasteiger partial charge in [0.1, 0.15) is 12.4 Å². The first-order chi connectivity index (χ1) is 7.25. The molecule has 2 rings (SSSR count). The maximum Gasteiger partial charge on any atom is 0.119 e. The summed E-state index contributed by atoms with van der Waals surface area (Å²) in [7, 11) is 0. The first-order valence-corrected chi connectivity index (χ1v) is 6.17. The number of aryl methyl sites for hydroxylation is 1. The molecule has 1 aliphatic heterocycles. The van der Waals surface area contributed by atoms with E-state index < -0.39 is 0 Å². The van der Waals surface area contributed by atoms with Crippen molar-refractivity contribution in [1.29, 1.82) is 0 Å². The third-order valence-corrected chi connectivity index (χ3v) is 3.63. The largest absolute Gasteiger partial charge is 0.492 e. The van der Waals surface area contributed by atoms with Crippen LogP contribution in [0.1, 0.15) is 18.4 Å². The van der Waals surface area contributed by atoms with Gasteiger partial charge in [-0.05, 0) is 50.1 Å². The molecule has 0 bridgehead atoms. The number of halogens is 1. The summed E-state index contributed by atoms with van der Waals surface area (Å²) < 4.78 is 6.88. The molecule has 1 aromatic carbocycles. The van der Waals surface area contributed by atoms with Crippen LogP contribution in [0.15, 0.2) is 22.7 Å². The lowest BCUT2D eigenvalue weighted by Gasteiger charge is -2.12. The molecule has 0 saturated carbocycles. The summed E-state index contributed by atoms with van der Waals surface area (Å²) in [6.07, 6.45) is 2.50. The minimum atomic E-state index is 0.536. The van der Waals surface area contributed by atoms with E-state index in [4.69, 9.17) is 4.74 Å². The highest BCUT2D eigenvalue weighted by Crippen LogP contribution is 2.22. The van der Waals surface area contributed by atoms with Crippen LogP contribution in [0.3, 0.4) is 0 Å². The van der Waals surface area contributed by atoms with Crippen LogP contribution in [0.2, 0.25) is 0 Å². The lowest BCUT2D eigenvalue weighted by atomic mass is 10.2. The molecular formula is C12H16BrNO. The Morgan fingerprint density at radius 1 is 1.53 bits per heavy atom. The van der Waals surface area contributed by atoms with Gasteiger partial charge in [-0.25, -0.2) is 0 Å². The van der Waals surface area contributed by atoms with Gasteiger partial charge in [-0.3, -0.25) is 0 Å². The summed E-state index contributed by atoms with van der Waals surface area (Å²) in [5, 5.41) is 3.42. The van der Waals surface area contributed by atoms with E-state index in [1.807, 2.05) is 12.1 Å². The molecule has 0 spiro atoms. The van der Waals surface area contributed by atoms with Crippen molar-refractivity contribution in [3.8, 4) is 5.75 Å². The maximum absolute atomic E-state index is 5.74. The van der Waals surface area contributed by atoms with Crippen molar-refractivity contribution in [2.75, 3.05) is 13.2 Å². The molecular weight excluding hydrogens is 254 g/mol. The van der Waals surface area contributed by atoms with E-state index in [2.05, 4.69) is 34.2 Å². The average Bonchev–Trinajstić information content (AvgIpc) is 2.73. The summed E-state index contributed by atoms with van der Waals surface area (Å²) in [5.41, 5.74) is 1.21. The van der Waals surface area contributed by atoms with Crippen molar-refractivity contribution in [2.24, 2.45) is 0 Å². The lowest BCUT2D eigenvalue weighted by molar-refractivity contribution is 0.277. The van der Waals surface area contributed by atoms with Crippen molar-refractivity contribution in [1.82, 2.24) is 5.32 Å². The van der Waals surface area contributed by atoms with Gasteiger partial charge < -0.3 is 10.1 Å². The minimum absolute atomic E-state index is 0.536. The molecule has 15 heavy (non-hydrogen) atoms. The molecule has 0 unspecified atom stereocenters. The molecule has 82 valence electrons. The smallest absolute Gasteiger partial charge is 0.119 e. The molecule has 1 aliphatic rings. The highest BCUT2D eigenvalue weighted by Gasteiger charge is 2.14. The van der Waals surface area contributed by atoms with Gasteiger partial charge in [0.15, 0.2) is 0 Å². The zero-order chi connectivity index (χ0) is 10.7. The highest BCUT2D eigenvalue weighted by atomic mass is 79.9. The molecule has 0 amide bonds. The SMILES string of the molecule is Cc1cc(OC[C@H]2CCCN2)ccc1Br. The number of benzene rings is 1. The molecule has 1 atom stereocenters. The van der Waals surface area contributed by atoms with E-state index in [9.17, 15) is 0 Å². The Hall–Kier alpha value is -0.540. The first kappa shape index (κ1) is 11.0. The zero-order valence-electron chi connectivity index (χ0n) is 8.92. The van der Waals surface area contributed by atoms with Gasteiger partial charge in [0, 0.05) is 10.5 Å². The Morgan fingerprint density at radius 3 is 3.07 bits per heavy atom. The fourth-order valence-electron chi connectivity index (χ4n) is 1.80. The molecule has 0 radical (unpaired) electrons. The van der Waals surface area contributed by atoms with Gasteiger partial charge in [-0.15, -0.1) is 0 Å². The topological polar surface area (TPSA) is 21.3 Å². The lowest BCUT2D eigenvalue weighted by Crippen LogP contribution is -2.28. The summed E-state index contributed by atoms with van der Waals surface area (Å²) in [6, 6.07) is 6.65. The Kier molecular flexibility index (Phi) is 3.65. The van der Waals surface area contributed by atoms with Crippen molar-refractivity contribution in [3.05, 3.63) is 28.2 Å². The number of rotatable bonds is 3. The molecule has 1 heterocycles. The van der Waals surface area contributed by atoms with Crippen LogP contribution in [0.25, 0.3) is 0 Å². The first-order valence-electron chi connectivity index (χ1n) is 5.38. The molecule has 1 fully saturated rings. The predicted molar refractivity (Wildman–Crippen MR) is 65.4 cm³/mol. The van der Waals surface area contributed by atoms with E-state index >= 15 is 0 Å². The normalized spacial score (nSPS) is 20.5. The van der Waals surface area contributed by atoms with Gasteiger partial charge in [0.25, 0.3) is 0 Å². The van der Waals surface area contributed by atoms with Gasteiger partial charge in [-0.1, -0.05) is 15.9 Å². The summed E-state index contributed by atoms with van der Waals surface area (Å²) in [4.78, 5) is 0. The number of hydrogen-bond donors (Lipinski definition) is 1. The van der Waals surface area contributed by atoms with Crippen LogP contribution < -0.4 is 10.1 Å². The van der Waals surface area contributed by atoms with Gasteiger partial charge >= 0.3 is 0 Å². The Morgan fingerprint density at radius 2 is 2.40 bits per heavy atom. The average molecular weight is 270 g/mol. The van der Waals surface area contributed by atoms with E-state index in [-0.39, 0.29) is 0 Å². The van der Waals surface area contributed by atoms with Crippen LogP contribution in [-0.2, 0) is 0 Å². The van der Waals surface area contributed by atoms with Crippen molar-refractivity contribution in [3.63, 3.8) is 0 Å². The Labute approximate surface area is 99.1 Å². The van der Waals surface area contributed by atoms with Crippen LogP contribution in [0.4, 0.5) is 0 Å². The van der Waals surface area contributed by atoms with Crippen LogP contribution in [0, 0.1) is 6.92 Å². The Bertz CT molecular complexity index is 334. The Balaban J connectivity index is 1.90. The predicted octanol–water partition coefficient (Wildman–Crippen LogP) is 2.89. The third kappa shape index (κ3) is 2.95. The molecule has 0 aromatic heterocycles. The second-order valence-corrected chi connectivity index (χ2v) is 4.87. The molecule has 0 aliphatic carbocycles. The number of nitrogens with one attached hydrogen (secondary N) is 1. The van der Waals surface area contributed by atoms with Gasteiger partial charge in [0.2, 0.25) is 0 Å². The number of hydrogen-bond acceptors (Lipinski definition) is 2. The molecule has 1 aromatic rings.